The van der Waals surface area contributed by atoms with Gasteiger partial charge < -0.3 is 9.80 Å². The van der Waals surface area contributed by atoms with Gasteiger partial charge in [0.15, 0.2) is 0 Å². The summed E-state index contributed by atoms with van der Waals surface area (Å²) >= 11 is 6.18. The lowest BCUT2D eigenvalue weighted by atomic mass is 10.2. The summed E-state index contributed by atoms with van der Waals surface area (Å²) in [4.78, 5) is 24.7. The fourth-order valence-corrected chi connectivity index (χ4v) is 2.94. The summed E-state index contributed by atoms with van der Waals surface area (Å²) in [7, 11) is 1.78. The molecule has 0 atom stereocenters. The van der Waals surface area contributed by atoms with Crippen molar-refractivity contribution in [2.75, 3.05) is 31.1 Å². The molecule has 8 heteroatoms. The summed E-state index contributed by atoms with van der Waals surface area (Å²) in [5.41, 5.74) is 1.59. The van der Waals surface area contributed by atoms with Gasteiger partial charge in [0.1, 0.15) is 11.0 Å². The van der Waals surface area contributed by atoms with E-state index in [2.05, 4.69) is 20.0 Å². The van der Waals surface area contributed by atoms with E-state index in [4.69, 9.17) is 11.6 Å². The van der Waals surface area contributed by atoms with Crippen molar-refractivity contribution in [2.24, 2.45) is 7.05 Å². The van der Waals surface area contributed by atoms with Gasteiger partial charge in [0.2, 0.25) is 5.91 Å². The zero-order valence-corrected chi connectivity index (χ0v) is 14.4. The minimum atomic E-state index is -0.0203. The van der Waals surface area contributed by atoms with Crippen LogP contribution in [-0.2, 0) is 11.8 Å². The molecule has 0 N–H and O–H groups in total. The number of aryl methyl sites for hydroxylation is 2. The summed E-state index contributed by atoms with van der Waals surface area (Å²) < 4.78 is 1.60. The van der Waals surface area contributed by atoms with Crippen LogP contribution in [0.5, 0.6) is 0 Å². The monoisotopic (exact) mass is 346 g/mol. The Morgan fingerprint density at radius 2 is 2.00 bits per heavy atom. The van der Waals surface area contributed by atoms with Crippen molar-refractivity contribution >= 4 is 29.4 Å². The van der Waals surface area contributed by atoms with Gasteiger partial charge in [0, 0.05) is 57.3 Å². The predicted molar refractivity (Wildman–Crippen MR) is 92.8 cm³/mol. The van der Waals surface area contributed by atoms with Crippen LogP contribution in [0.15, 0.2) is 24.7 Å². The van der Waals surface area contributed by atoms with Crippen molar-refractivity contribution in [1.29, 1.82) is 0 Å². The number of amides is 1. The molecule has 1 aliphatic rings. The maximum atomic E-state index is 12.4. The highest BCUT2D eigenvalue weighted by atomic mass is 35.5. The summed E-state index contributed by atoms with van der Waals surface area (Å²) in [5, 5.41) is 4.77. The van der Waals surface area contributed by atoms with Crippen molar-refractivity contribution in [3.05, 3.63) is 41.1 Å². The normalized spacial score (nSPS) is 15.3. The molecule has 3 rings (SSSR count). The second-order valence-corrected chi connectivity index (χ2v) is 5.98. The first-order valence-corrected chi connectivity index (χ1v) is 8.11. The Kier molecular flexibility index (Phi) is 4.80. The molecule has 0 unspecified atom stereocenters. The van der Waals surface area contributed by atoms with Crippen molar-refractivity contribution < 1.29 is 4.79 Å². The molecule has 1 fully saturated rings. The number of rotatable bonds is 3. The number of piperazine rings is 1. The minimum Gasteiger partial charge on any atom is -0.352 e. The van der Waals surface area contributed by atoms with Crippen molar-refractivity contribution in [1.82, 2.24) is 24.6 Å². The van der Waals surface area contributed by atoms with E-state index in [9.17, 15) is 4.79 Å². The molecule has 1 amide bonds. The highest BCUT2D eigenvalue weighted by molar-refractivity contribution is 6.31. The molecular weight excluding hydrogens is 328 g/mol. The predicted octanol–water partition coefficient (Wildman–Crippen LogP) is 1.53. The SMILES string of the molecule is Cc1nn(C)c(Cl)c1C=CC(=O)N1CCN(c2cnccn2)CC1. The molecule has 7 nitrogen and oxygen atoms in total. The Balaban J connectivity index is 1.60. The number of hydrogen-bond acceptors (Lipinski definition) is 5. The van der Waals surface area contributed by atoms with Gasteiger partial charge in [-0.05, 0) is 13.0 Å². The van der Waals surface area contributed by atoms with Gasteiger partial charge in [-0.3, -0.25) is 14.5 Å². The summed E-state index contributed by atoms with van der Waals surface area (Å²) in [6.07, 6.45) is 8.37. The first kappa shape index (κ1) is 16.4. The van der Waals surface area contributed by atoms with Crippen LogP contribution >= 0.6 is 11.6 Å². The van der Waals surface area contributed by atoms with E-state index in [1.54, 1.807) is 42.5 Å². The average molecular weight is 347 g/mol. The summed E-state index contributed by atoms with van der Waals surface area (Å²) in [5.74, 6) is 0.825. The molecule has 126 valence electrons. The first-order valence-electron chi connectivity index (χ1n) is 7.73. The lowest BCUT2D eigenvalue weighted by Gasteiger charge is -2.34. The zero-order valence-electron chi connectivity index (χ0n) is 13.7. The molecule has 0 bridgehead atoms. The van der Waals surface area contributed by atoms with E-state index < -0.39 is 0 Å². The van der Waals surface area contributed by atoms with Crippen LogP contribution in [0.25, 0.3) is 6.08 Å². The maximum Gasteiger partial charge on any atom is 0.246 e. The number of anilines is 1. The van der Waals surface area contributed by atoms with E-state index in [0.29, 0.717) is 18.2 Å². The van der Waals surface area contributed by atoms with E-state index in [1.165, 1.54) is 0 Å². The van der Waals surface area contributed by atoms with Crippen LogP contribution in [0.3, 0.4) is 0 Å². The number of aromatic nitrogens is 4. The lowest BCUT2D eigenvalue weighted by molar-refractivity contribution is -0.126. The van der Waals surface area contributed by atoms with Gasteiger partial charge in [0.25, 0.3) is 0 Å². The molecule has 1 aliphatic heterocycles. The Morgan fingerprint density at radius 1 is 1.25 bits per heavy atom. The van der Waals surface area contributed by atoms with E-state index >= 15 is 0 Å². The molecule has 0 spiro atoms. The van der Waals surface area contributed by atoms with E-state index in [-0.39, 0.29) is 5.91 Å². The van der Waals surface area contributed by atoms with Gasteiger partial charge in [0.05, 0.1) is 11.9 Å². The zero-order chi connectivity index (χ0) is 17.1. The number of nitrogens with zero attached hydrogens (tertiary/aromatic N) is 6. The Morgan fingerprint density at radius 3 is 2.58 bits per heavy atom. The van der Waals surface area contributed by atoms with Gasteiger partial charge >= 0.3 is 0 Å². The van der Waals surface area contributed by atoms with Crippen LogP contribution in [0.2, 0.25) is 5.15 Å². The second kappa shape index (κ2) is 7.00. The third kappa shape index (κ3) is 3.41. The third-order valence-corrected chi connectivity index (χ3v) is 4.50. The second-order valence-electron chi connectivity index (χ2n) is 5.62. The average Bonchev–Trinajstić information content (AvgIpc) is 2.86. The van der Waals surface area contributed by atoms with Crippen LogP contribution in [0.1, 0.15) is 11.3 Å². The Hall–Kier alpha value is -2.41. The fraction of sp³-hybridized carbons (Fsp3) is 0.375. The van der Waals surface area contributed by atoms with Crippen LogP contribution < -0.4 is 4.90 Å². The molecule has 24 heavy (non-hydrogen) atoms. The van der Waals surface area contributed by atoms with Gasteiger partial charge in [-0.15, -0.1) is 0 Å². The van der Waals surface area contributed by atoms with Crippen LogP contribution in [0, 0.1) is 6.92 Å². The van der Waals surface area contributed by atoms with Gasteiger partial charge in [-0.1, -0.05) is 11.6 Å². The summed E-state index contributed by atoms with van der Waals surface area (Å²) in [6.45, 7) is 4.66. The van der Waals surface area contributed by atoms with E-state index in [1.807, 2.05) is 11.8 Å². The van der Waals surface area contributed by atoms with Crippen LogP contribution in [-0.4, -0.2) is 56.7 Å². The number of halogens is 1. The topological polar surface area (TPSA) is 67.2 Å². The van der Waals surface area contributed by atoms with Crippen LogP contribution in [0.4, 0.5) is 5.82 Å². The molecule has 0 aromatic carbocycles. The summed E-state index contributed by atoms with van der Waals surface area (Å²) in [6, 6.07) is 0. The molecule has 0 saturated carbocycles. The number of carbonyl (C=O) groups is 1. The van der Waals surface area contributed by atoms with Crippen molar-refractivity contribution in [3.8, 4) is 0 Å². The number of hydrogen-bond donors (Lipinski definition) is 0. The molecule has 3 heterocycles. The largest absolute Gasteiger partial charge is 0.352 e. The Labute approximate surface area is 145 Å². The molecule has 2 aromatic rings. The fourth-order valence-electron chi connectivity index (χ4n) is 2.71. The van der Waals surface area contributed by atoms with E-state index in [0.717, 1.165) is 30.2 Å². The third-order valence-electron chi connectivity index (χ3n) is 4.05. The molecule has 0 aliphatic carbocycles. The maximum absolute atomic E-state index is 12.4. The van der Waals surface area contributed by atoms with Gasteiger partial charge in [-0.2, -0.15) is 5.10 Å². The first-order chi connectivity index (χ1) is 11.6. The Bertz CT molecular complexity index is 749. The molecule has 1 saturated heterocycles. The smallest absolute Gasteiger partial charge is 0.246 e. The standard InChI is InChI=1S/C16H19ClN6O/c1-12-13(16(17)21(2)20-12)3-4-15(24)23-9-7-22(8-10-23)14-11-18-5-6-19-14/h3-6,11H,7-10H2,1-2H3. The molecule has 2 aromatic heterocycles. The highest BCUT2D eigenvalue weighted by Gasteiger charge is 2.20. The molecule has 0 radical (unpaired) electrons. The van der Waals surface area contributed by atoms with Crippen molar-refractivity contribution in [2.45, 2.75) is 6.92 Å². The quantitative estimate of drug-likeness (QED) is 0.788. The highest BCUT2D eigenvalue weighted by Crippen LogP contribution is 2.20. The molecular formula is C16H19ClN6O. The minimum absolute atomic E-state index is 0.0203. The van der Waals surface area contributed by atoms with Gasteiger partial charge in [-0.25, -0.2) is 4.98 Å². The number of carbonyl (C=O) groups excluding carboxylic acids is 1. The van der Waals surface area contributed by atoms with Crippen molar-refractivity contribution in [3.63, 3.8) is 0 Å². The lowest BCUT2D eigenvalue weighted by Crippen LogP contribution is -2.48.